The summed E-state index contributed by atoms with van der Waals surface area (Å²) in [6.07, 6.45) is 0.692. The van der Waals surface area contributed by atoms with Crippen molar-refractivity contribution in [3.05, 3.63) is 29.8 Å². The van der Waals surface area contributed by atoms with Crippen LogP contribution in [0, 0.1) is 0 Å². The second-order valence-corrected chi connectivity index (χ2v) is 5.18. The second-order valence-electron chi connectivity index (χ2n) is 5.18. The van der Waals surface area contributed by atoms with E-state index in [0.717, 1.165) is 30.8 Å². The number of nitrogens with one attached hydrogen (secondary N) is 1. The van der Waals surface area contributed by atoms with Crippen molar-refractivity contribution in [3.8, 4) is 5.75 Å². The lowest BCUT2D eigenvalue weighted by Gasteiger charge is -2.19. The van der Waals surface area contributed by atoms with E-state index in [4.69, 9.17) is 9.47 Å². The number of ether oxygens (including phenoxy) is 2. The maximum absolute atomic E-state index is 11.9. The van der Waals surface area contributed by atoms with E-state index in [1.165, 1.54) is 0 Å². The molecule has 1 aromatic rings. The summed E-state index contributed by atoms with van der Waals surface area (Å²) >= 11 is 0. The van der Waals surface area contributed by atoms with Gasteiger partial charge in [-0.25, -0.2) is 4.79 Å². The molecule has 2 fully saturated rings. The van der Waals surface area contributed by atoms with E-state index >= 15 is 0 Å². The van der Waals surface area contributed by atoms with Crippen LogP contribution in [0.25, 0.3) is 0 Å². The summed E-state index contributed by atoms with van der Waals surface area (Å²) in [7, 11) is 1.64. The summed E-state index contributed by atoms with van der Waals surface area (Å²) in [5.41, 5.74) is 0.782. The molecule has 19 heavy (non-hydrogen) atoms. The average molecular weight is 262 g/mol. The Morgan fingerprint density at radius 2 is 2.21 bits per heavy atom. The number of rotatable bonds is 3. The monoisotopic (exact) mass is 262 g/mol. The van der Waals surface area contributed by atoms with Crippen LogP contribution in [0.2, 0.25) is 0 Å². The van der Waals surface area contributed by atoms with Crippen molar-refractivity contribution < 1.29 is 14.3 Å². The van der Waals surface area contributed by atoms with Crippen LogP contribution in [0.5, 0.6) is 5.75 Å². The summed E-state index contributed by atoms with van der Waals surface area (Å²) < 4.78 is 10.7. The zero-order valence-electron chi connectivity index (χ0n) is 11.0. The van der Waals surface area contributed by atoms with Crippen LogP contribution >= 0.6 is 0 Å². The number of carbonyl (C=O) groups is 1. The van der Waals surface area contributed by atoms with Gasteiger partial charge in [-0.3, -0.25) is 4.90 Å². The van der Waals surface area contributed by atoms with Crippen LogP contribution in [-0.2, 0) is 11.3 Å². The fraction of sp³-hybridized carbons (Fsp3) is 0.500. The number of nitrogens with zero attached hydrogens (tertiary/aromatic N) is 1. The molecule has 102 valence electrons. The van der Waals surface area contributed by atoms with Gasteiger partial charge in [0.1, 0.15) is 11.4 Å². The zero-order chi connectivity index (χ0) is 13.3. The van der Waals surface area contributed by atoms with Gasteiger partial charge in [0.25, 0.3) is 0 Å². The van der Waals surface area contributed by atoms with Crippen molar-refractivity contribution in [2.75, 3.05) is 26.7 Å². The normalized spacial score (nSPS) is 25.9. The highest BCUT2D eigenvalue weighted by Gasteiger charge is 2.46. The van der Waals surface area contributed by atoms with Gasteiger partial charge in [0.05, 0.1) is 13.7 Å². The maximum Gasteiger partial charge on any atom is 0.410 e. The van der Waals surface area contributed by atoms with E-state index in [9.17, 15) is 4.79 Å². The molecular weight excluding hydrogens is 244 g/mol. The molecule has 3 rings (SSSR count). The second kappa shape index (κ2) is 4.74. The van der Waals surface area contributed by atoms with Crippen LogP contribution in [0.15, 0.2) is 24.3 Å². The zero-order valence-corrected chi connectivity index (χ0v) is 11.0. The Kier molecular flexibility index (Phi) is 3.06. The average Bonchev–Trinajstić information content (AvgIpc) is 2.99. The van der Waals surface area contributed by atoms with Crippen molar-refractivity contribution in [1.82, 2.24) is 10.2 Å². The Labute approximate surface area is 112 Å². The van der Waals surface area contributed by atoms with Crippen LogP contribution in [0.4, 0.5) is 4.79 Å². The minimum absolute atomic E-state index is 0.209. The van der Waals surface area contributed by atoms with Gasteiger partial charge in [0.2, 0.25) is 0 Å². The van der Waals surface area contributed by atoms with E-state index in [2.05, 4.69) is 5.32 Å². The molecule has 5 nitrogen and oxygen atoms in total. The number of hydrogen-bond donors (Lipinski definition) is 1. The van der Waals surface area contributed by atoms with Crippen LogP contribution < -0.4 is 10.1 Å². The number of amides is 1. The summed E-state index contributed by atoms with van der Waals surface area (Å²) in [4.78, 5) is 13.7. The molecule has 1 spiro atoms. The lowest BCUT2D eigenvalue weighted by atomic mass is 10.0. The lowest BCUT2D eigenvalue weighted by Crippen LogP contribution is -2.36. The molecule has 5 heteroatoms. The van der Waals surface area contributed by atoms with E-state index in [0.29, 0.717) is 13.1 Å². The molecule has 1 aromatic carbocycles. The van der Waals surface area contributed by atoms with Gasteiger partial charge in [-0.05, 0) is 24.2 Å². The predicted octanol–water partition coefficient (Wildman–Crippen LogP) is 1.38. The largest absolute Gasteiger partial charge is 0.497 e. The van der Waals surface area contributed by atoms with Gasteiger partial charge in [0, 0.05) is 19.5 Å². The summed E-state index contributed by atoms with van der Waals surface area (Å²) in [6.45, 7) is 2.94. The predicted molar refractivity (Wildman–Crippen MR) is 70.1 cm³/mol. The van der Waals surface area contributed by atoms with Gasteiger partial charge in [-0.2, -0.15) is 0 Å². The third-order valence-electron chi connectivity index (χ3n) is 3.78. The first-order chi connectivity index (χ1) is 9.21. The third-order valence-corrected chi connectivity index (χ3v) is 3.78. The van der Waals surface area contributed by atoms with Crippen LogP contribution in [-0.4, -0.2) is 43.3 Å². The Balaban J connectivity index is 1.67. The minimum atomic E-state index is -0.302. The first kappa shape index (κ1) is 12.3. The topological polar surface area (TPSA) is 50.8 Å². The number of carbonyl (C=O) groups excluding carboxylic acids is 1. The van der Waals surface area contributed by atoms with Gasteiger partial charge < -0.3 is 14.8 Å². The third kappa shape index (κ3) is 2.38. The Morgan fingerprint density at radius 3 is 2.84 bits per heavy atom. The molecule has 2 heterocycles. The van der Waals surface area contributed by atoms with Crippen molar-refractivity contribution in [2.24, 2.45) is 0 Å². The first-order valence-corrected chi connectivity index (χ1v) is 6.52. The van der Waals surface area contributed by atoms with Gasteiger partial charge in [-0.15, -0.1) is 0 Å². The Bertz CT molecular complexity index is 466. The van der Waals surface area contributed by atoms with Gasteiger partial charge in [0.15, 0.2) is 0 Å². The summed E-state index contributed by atoms with van der Waals surface area (Å²) in [5, 5.41) is 3.25. The lowest BCUT2D eigenvalue weighted by molar-refractivity contribution is 0.0727. The molecule has 1 amide bonds. The summed E-state index contributed by atoms with van der Waals surface area (Å²) in [5.74, 6) is 0.823. The van der Waals surface area contributed by atoms with Crippen LogP contribution in [0.3, 0.4) is 0 Å². The fourth-order valence-corrected chi connectivity index (χ4v) is 2.71. The maximum atomic E-state index is 11.9. The van der Waals surface area contributed by atoms with Crippen LogP contribution in [0.1, 0.15) is 12.0 Å². The molecule has 1 atom stereocenters. The Hall–Kier alpha value is -1.75. The van der Waals surface area contributed by atoms with E-state index < -0.39 is 0 Å². The van der Waals surface area contributed by atoms with Crippen molar-refractivity contribution in [1.29, 1.82) is 0 Å². The van der Waals surface area contributed by atoms with E-state index in [-0.39, 0.29) is 11.7 Å². The van der Waals surface area contributed by atoms with E-state index in [1.807, 2.05) is 24.3 Å². The van der Waals surface area contributed by atoms with Crippen molar-refractivity contribution >= 4 is 6.09 Å². The minimum Gasteiger partial charge on any atom is -0.497 e. The van der Waals surface area contributed by atoms with E-state index in [1.54, 1.807) is 12.0 Å². The SMILES string of the molecule is COc1ccc(CN2CC3(CCNC3)OC2=O)cc1. The van der Waals surface area contributed by atoms with Gasteiger partial charge in [-0.1, -0.05) is 12.1 Å². The quantitative estimate of drug-likeness (QED) is 0.894. The molecular formula is C14H18N2O3. The molecule has 2 aliphatic heterocycles. The Morgan fingerprint density at radius 1 is 1.42 bits per heavy atom. The highest BCUT2D eigenvalue weighted by atomic mass is 16.6. The molecule has 1 N–H and O–H groups in total. The van der Waals surface area contributed by atoms with Crippen molar-refractivity contribution in [3.63, 3.8) is 0 Å². The number of benzene rings is 1. The van der Waals surface area contributed by atoms with Crippen molar-refractivity contribution in [2.45, 2.75) is 18.6 Å². The standard InChI is InChI=1S/C14H18N2O3/c1-18-12-4-2-11(3-5-12)8-16-10-14(19-13(16)17)6-7-15-9-14/h2-5,15H,6-10H2,1H3. The number of hydrogen-bond acceptors (Lipinski definition) is 4. The van der Waals surface area contributed by atoms with Gasteiger partial charge >= 0.3 is 6.09 Å². The summed E-state index contributed by atoms with van der Waals surface area (Å²) in [6, 6.07) is 7.77. The first-order valence-electron chi connectivity index (χ1n) is 6.52. The smallest absolute Gasteiger partial charge is 0.410 e. The molecule has 0 saturated carbocycles. The number of methoxy groups -OCH3 is 1. The molecule has 0 aromatic heterocycles. The highest BCUT2D eigenvalue weighted by Crippen LogP contribution is 2.29. The fourth-order valence-electron chi connectivity index (χ4n) is 2.71. The molecule has 0 aliphatic carbocycles. The highest BCUT2D eigenvalue weighted by molar-refractivity contribution is 5.71. The molecule has 0 bridgehead atoms. The molecule has 2 saturated heterocycles. The molecule has 0 radical (unpaired) electrons. The molecule has 1 unspecified atom stereocenters. The molecule has 2 aliphatic rings.